The van der Waals surface area contributed by atoms with E-state index >= 15 is 0 Å². The number of nitrogens with zero attached hydrogens (tertiary/aromatic N) is 2. The van der Waals surface area contributed by atoms with Gasteiger partial charge in [-0.05, 0) is 52.1 Å². The standard InChI is InChI=1S/C18H36N2O/c1-7-19(8-2)15-11-13-17(5)21-18(6)14-12-16-20(9-3)10-4/h5-16H2,1-4H3. The molecule has 0 aromatic heterocycles. The highest BCUT2D eigenvalue weighted by molar-refractivity contribution is 4.93. The van der Waals surface area contributed by atoms with Crippen molar-refractivity contribution < 1.29 is 4.74 Å². The average Bonchev–Trinajstić information content (AvgIpc) is 2.48. The largest absolute Gasteiger partial charge is 0.467 e. The van der Waals surface area contributed by atoms with E-state index in [9.17, 15) is 0 Å². The van der Waals surface area contributed by atoms with Crippen LogP contribution >= 0.6 is 0 Å². The summed E-state index contributed by atoms with van der Waals surface area (Å²) in [5, 5.41) is 0. The van der Waals surface area contributed by atoms with E-state index in [1.807, 2.05) is 0 Å². The number of hydrogen-bond acceptors (Lipinski definition) is 3. The Labute approximate surface area is 132 Å². The van der Waals surface area contributed by atoms with Crippen LogP contribution in [0.5, 0.6) is 0 Å². The van der Waals surface area contributed by atoms with Crippen LogP contribution in [0.4, 0.5) is 0 Å². The fourth-order valence-electron chi connectivity index (χ4n) is 2.39. The van der Waals surface area contributed by atoms with Crippen molar-refractivity contribution in [2.24, 2.45) is 0 Å². The SMILES string of the molecule is C=C(CCCN(CC)CC)OC(=C)CCCN(CC)CC. The Morgan fingerprint density at radius 1 is 0.714 bits per heavy atom. The third-order valence-corrected chi connectivity index (χ3v) is 3.94. The van der Waals surface area contributed by atoms with Crippen molar-refractivity contribution in [3.63, 3.8) is 0 Å². The van der Waals surface area contributed by atoms with E-state index in [-0.39, 0.29) is 0 Å². The number of allylic oxidation sites excluding steroid dienone is 2. The quantitative estimate of drug-likeness (QED) is 0.445. The molecule has 0 atom stereocenters. The summed E-state index contributed by atoms with van der Waals surface area (Å²) in [6, 6.07) is 0. The van der Waals surface area contributed by atoms with Crippen LogP contribution in [0, 0.1) is 0 Å². The van der Waals surface area contributed by atoms with Gasteiger partial charge in [-0.15, -0.1) is 0 Å². The predicted octanol–water partition coefficient (Wildman–Crippen LogP) is 4.27. The molecule has 0 aromatic rings. The first kappa shape index (κ1) is 20.2. The molecule has 0 aliphatic rings. The summed E-state index contributed by atoms with van der Waals surface area (Å²) >= 11 is 0. The highest BCUT2D eigenvalue weighted by atomic mass is 16.5. The van der Waals surface area contributed by atoms with Gasteiger partial charge in [0.25, 0.3) is 0 Å². The number of rotatable bonds is 14. The summed E-state index contributed by atoms with van der Waals surface area (Å²) in [5.41, 5.74) is 0. The maximum absolute atomic E-state index is 5.72. The molecule has 0 heterocycles. The minimum atomic E-state index is 0.856. The van der Waals surface area contributed by atoms with E-state index in [4.69, 9.17) is 4.74 Å². The third kappa shape index (κ3) is 10.6. The Hall–Kier alpha value is -0.800. The molecule has 0 rings (SSSR count). The molecule has 0 bridgehead atoms. The zero-order chi connectivity index (χ0) is 16.1. The predicted molar refractivity (Wildman–Crippen MR) is 93.4 cm³/mol. The van der Waals surface area contributed by atoms with Crippen LogP contribution in [0.25, 0.3) is 0 Å². The van der Waals surface area contributed by atoms with Crippen LogP contribution in [-0.2, 0) is 4.74 Å². The molecule has 124 valence electrons. The zero-order valence-corrected chi connectivity index (χ0v) is 14.8. The molecule has 0 aliphatic carbocycles. The lowest BCUT2D eigenvalue weighted by Crippen LogP contribution is -2.24. The van der Waals surface area contributed by atoms with Crippen molar-refractivity contribution in [2.45, 2.75) is 53.4 Å². The Kier molecular flexibility index (Phi) is 12.4. The van der Waals surface area contributed by atoms with Crippen molar-refractivity contribution in [1.82, 2.24) is 9.80 Å². The van der Waals surface area contributed by atoms with Gasteiger partial charge in [0, 0.05) is 12.8 Å². The zero-order valence-electron chi connectivity index (χ0n) is 14.8. The van der Waals surface area contributed by atoms with Gasteiger partial charge < -0.3 is 14.5 Å². The summed E-state index contributed by atoms with van der Waals surface area (Å²) in [6.07, 6.45) is 4.05. The highest BCUT2D eigenvalue weighted by Crippen LogP contribution is 2.14. The molecule has 0 spiro atoms. The van der Waals surface area contributed by atoms with E-state index in [0.717, 1.165) is 76.5 Å². The van der Waals surface area contributed by atoms with E-state index in [1.54, 1.807) is 0 Å². The second-order valence-electron chi connectivity index (χ2n) is 5.44. The second-order valence-corrected chi connectivity index (χ2v) is 5.44. The van der Waals surface area contributed by atoms with Gasteiger partial charge in [-0.25, -0.2) is 0 Å². The van der Waals surface area contributed by atoms with Crippen LogP contribution in [-0.4, -0.2) is 49.1 Å². The smallest absolute Gasteiger partial charge is 0.0964 e. The lowest BCUT2D eigenvalue weighted by Gasteiger charge is -2.19. The molecule has 3 heteroatoms. The van der Waals surface area contributed by atoms with Gasteiger partial charge in [0.2, 0.25) is 0 Å². The summed E-state index contributed by atoms with van der Waals surface area (Å²) < 4.78 is 5.72. The van der Waals surface area contributed by atoms with Crippen molar-refractivity contribution in [3.8, 4) is 0 Å². The summed E-state index contributed by atoms with van der Waals surface area (Å²) in [4.78, 5) is 4.85. The molecule has 3 nitrogen and oxygen atoms in total. The fourth-order valence-corrected chi connectivity index (χ4v) is 2.39. The van der Waals surface area contributed by atoms with Crippen LogP contribution in [0.3, 0.4) is 0 Å². The first-order valence-electron chi connectivity index (χ1n) is 8.55. The summed E-state index contributed by atoms with van der Waals surface area (Å²) in [7, 11) is 0. The molecule has 0 saturated heterocycles. The third-order valence-electron chi connectivity index (χ3n) is 3.94. The molecule has 0 amide bonds. The molecular formula is C18H36N2O. The van der Waals surface area contributed by atoms with Crippen LogP contribution in [0.1, 0.15) is 53.4 Å². The Morgan fingerprint density at radius 3 is 1.33 bits per heavy atom. The average molecular weight is 296 g/mol. The first-order chi connectivity index (χ1) is 10.1. The van der Waals surface area contributed by atoms with E-state index in [2.05, 4.69) is 50.7 Å². The van der Waals surface area contributed by atoms with Gasteiger partial charge in [0.05, 0.1) is 11.5 Å². The van der Waals surface area contributed by atoms with Crippen molar-refractivity contribution in [1.29, 1.82) is 0 Å². The summed E-state index contributed by atoms with van der Waals surface area (Å²) in [5.74, 6) is 1.71. The Bertz CT molecular complexity index is 253. The Balaban J connectivity index is 3.72. The maximum Gasteiger partial charge on any atom is 0.0964 e. The van der Waals surface area contributed by atoms with Crippen molar-refractivity contribution in [3.05, 3.63) is 24.7 Å². The molecule has 21 heavy (non-hydrogen) atoms. The van der Waals surface area contributed by atoms with Gasteiger partial charge in [0.15, 0.2) is 0 Å². The van der Waals surface area contributed by atoms with Gasteiger partial charge in [0.1, 0.15) is 0 Å². The van der Waals surface area contributed by atoms with E-state index in [0.29, 0.717) is 0 Å². The second kappa shape index (κ2) is 12.9. The Morgan fingerprint density at radius 2 is 1.05 bits per heavy atom. The van der Waals surface area contributed by atoms with Gasteiger partial charge in [-0.1, -0.05) is 40.9 Å². The number of hydrogen-bond donors (Lipinski definition) is 0. The van der Waals surface area contributed by atoms with E-state index < -0.39 is 0 Å². The van der Waals surface area contributed by atoms with E-state index in [1.165, 1.54) is 0 Å². The lowest BCUT2D eigenvalue weighted by atomic mass is 10.2. The molecule has 0 saturated carbocycles. The molecule has 0 radical (unpaired) electrons. The minimum absolute atomic E-state index is 0.856. The molecular weight excluding hydrogens is 260 g/mol. The summed E-state index contributed by atoms with van der Waals surface area (Å²) in [6.45, 7) is 23.5. The normalized spacial score (nSPS) is 11.1. The van der Waals surface area contributed by atoms with Crippen LogP contribution in [0.15, 0.2) is 24.7 Å². The minimum Gasteiger partial charge on any atom is -0.467 e. The fraction of sp³-hybridized carbons (Fsp3) is 0.778. The maximum atomic E-state index is 5.72. The van der Waals surface area contributed by atoms with Gasteiger partial charge in [-0.2, -0.15) is 0 Å². The molecule has 0 aliphatic heterocycles. The first-order valence-corrected chi connectivity index (χ1v) is 8.55. The van der Waals surface area contributed by atoms with Gasteiger partial charge in [-0.3, -0.25) is 0 Å². The van der Waals surface area contributed by atoms with Crippen LogP contribution in [0.2, 0.25) is 0 Å². The molecule has 0 unspecified atom stereocenters. The van der Waals surface area contributed by atoms with Crippen molar-refractivity contribution in [2.75, 3.05) is 39.3 Å². The molecule has 0 aromatic carbocycles. The topological polar surface area (TPSA) is 15.7 Å². The molecule has 0 N–H and O–H groups in total. The van der Waals surface area contributed by atoms with Crippen LogP contribution < -0.4 is 0 Å². The highest BCUT2D eigenvalue weighted by Gasteiger charge is 2.04. The number of ether oxygens (including phenoxy) is 1. The van der Waals surface area contributed by atoms with Crippen molar-refractivity contribution >= 4 is 0 Å². The van der Waals surface area contributed by atoms with Gasteiger partial charge >= 0.3 is 0 Å². The molecule has 0 fully saturated rings. The monoisotopic (exact) mass is 296 g/mol. The lowest BCUT2D eigenvalue weighted by molar-refractivity contribution is 0.248.